The largest absolute Gasteiger partial charge is 0.508 e. The van der Waals surface area contributed by atoms with Gasteiger partial charge in [0.15, 0.2) is 5.78 Å². The first-order valence-electron chi connectivity index (χ1n) is 8.35. The van der Waals surface area contributed by atoms with Gasteiger partial charge in [0.2, 0.25) is 0 Å². The van der Waals surface area contributed by atoms with Gasteiger partial charge in [-0.05, 0) is 38.8 Å². The molecule has 0 aromatic heterocycles. The smallest absolute Gasteiger partial charge is 0.174 e. The van der Waals surface area contributed by atoms with Crippen LogP contribution in [0.3, 0.4) is 0 Å². The SMILES string of the molecule is CC(C)=CCc1c(O)cc(O)c2c1O[C@H](C1C=CC(O)=CC1)CC2=O. The lowest BCUT2D eigenvalue weighted by Gasteiger charge is -2.32. The molecule has 0 amide bonds. The lowest BCUT2D eigenvalue weighted by Crippen LogP contribution is -2.34. The number of Topliss-reactive ketones (excluding diaryl/α,β-unsaturated/α-hetero) is 1. The van der Waals surface area contributed by atoms with Gasteiger partial charge in [0, 0.05) is 24.0 Å². The van der Waals surface area contributed by atoms with E-state index in [4.69, 9.17) is 4.74 Å². The van der Waals surface area contributed by atoms with E-state index in [9.17, 15) is 20.1 Å². The summed E-state index contributed by atoms with van der Waals surface area (Å²) in [4.78, 5) is 12.6. The number of hydrogen-bond donors (Lipinski definition) is 3. The van der Waals surface area contributed by atoms with Crippen LogP contribution in [0.25, 0.3) is 0 Å². The van der Waals surface area contributed by atoms with Gasteiger partial charge in [-0.2, -0.15) is 0 Å². The fourth-order valence-electron chi connectivity index (χ4n) is 3.19. The number of aliphatic hydroxyl groups is 1. The molecule has 1 unspecified atom stereocenters. The van der Waals surface area contributed by atoms with Gasteiger partial charge < -0.3 is 20.1 Å². The number of aromatic hydroxyl groups is 2. The Labute approximate surface area is 146 Å². The summed E-state index contributed by atoms with van der Waals surface area (Å²) in [7, 11) is 0. The highest BCUT2D eigenvalue weighted by Gasteiger charge is 2.35. The van der Waals surface area contributed by atoms with Crippen molar-refractivity contribution in [1.29, 1.82) is 0 Å². The van der Waals surface area contributed by atoms with Crippen LogP contribution in [0, 0.1) is 5.92 Å². The Morgan fingerprint density at radius 1 is 1.28 bits per heavy atom. The lowest BCUT2D eigenvalue weighted by atomic mass is 9.86. The molecule has 5 heteroatoms. The molecule has 0 radical (unpaired) electrons. The highest BCUT2D eigenvalue weighted by Crippen LogP contribution is 2.44. The van der Waals surface area contributed by atoms with Gasteiger partial charge in [-0.15, -0.1) is 0 Å². The predicted molar refractivity (Wildman–Crippen MR) is 94.2 cm³/mol. The number of ketones is 1. The average molecular weight is 342 g/mol. The Balaban J connectivity index is 1.99. The Bertz CT molecular complexity index is 797. The van der Waals surface area contributed by atoms with Crippen LogP contribution in [0.2, 0.25) is 0 Å². The van der Waals surface area contributed by atoms with Crippen molar-refractivity contribution in [2.24, 2.45) is 5.92 Å². The Kier molecular flexibility index (Phi) is 4.57. The van der Waals surface area contributed by atoms with Crippen LogP contribution in [-0.2, 0) is 6.42 Å². The number of carbonyl (C=O) groups excluding carboxylic acids is 1. The number of phenols is 2. The predicted octanol–water partition coefficient (Wildman–Crippen LogP) is 3.96. The van der Waals surface area contributed by atoms with Gasteiger partial charge in [-0.25, -0.2) is 0 Å². The molecule has 2 atom stereocenters. The minimum Gasteiger partial charge on any atom is -0.508 e. The van der Waals surface area contributed by atoms with Crippen LogP contribution in [0.1, 0.15) is 42.6 Å². The number of benzene rings is 1. The second-order valence-electron chi connectivity index (χ2n) is 6.75. The molecule has 1 heterocycles. The second kappa shape index (κ2) is 6.67. The van der Waals surface area contributed by atoms with Crippen molar-refractivity contribution in [3.63, 3.8) is 0 Å². The van der Waals surface area contributed by atoms with E-state index >= 15 is 0 Å². The topological polar surface area (TPSA) is 87.0 Å². The van der Waals surface area contributed by atoms with Crippen LogP contribution in [0.5, 0.6) is 17.2 Å². The molecule has 2 aliphatic rings. The van der Waals surface area contributed by atoms with Gasteiger partial charge >= 0.3 is 0 Å². The number of phenolic OH excluding ortho intramolecular Hbond substituents is 2. The van der Waals surface area contributed by atoms with Gasteiger partial charge in [0.05, 0.1) is 0 Å². The molecule has 25 heavy (non-hydrogen) atoms. The molecule has 3 N–H and O–H groups in total. The summed E-state index contributed by atoms with van der Waals surface area (Å²) in [5, 5.41) is 29.8. The summed E-state index contributed by atoms with van der Waals surface area (Å²) < 4.78 is 6.07. The van der Waals surface area contributed by atoms with E-state index in [-0.39, 0.29) is 46.7 Å². The first-order valence-corrected chi connectivity index (χ1v) is 8.35. The zero-order valence-corrected chi connectivity index (χ0v) is 14.3. The Hall–Kier alpha value is -2.69. The van der Waals surface area contributed by atoms with Crippen LogP contribution in [-0.4, -0.2) is 27.2 Å². The number of rotatable bonds is 3. The Morgan fingerprint density at radius 2 is 2.04 bits per heavy atom. The quantitative estimate of drug-likeness (QED) is 0.724. The van der Waals surface area contributed by atoms with Gasteiger partial charge in [-0.3, -0.25) is 4.79 Å². The maximum atomic E-state index is 12.6. The van der Waals surface area contributed by atoms with E-state index in [1.165, 1.54) is 6.07 Å². The summed E-state index contributed by atoms with van der Waals surface area (Å²) in [5.74, 6) is -0.113. The van der Waals surface area contributed by atoms with E-state index in [2.05, 4.69) is 0 Å². The summed E-state index contributed by atoms with van der Waals surface area (Å²) in [6.45, 7) is 3.90. The van der Waals surface area contributed by atoms with Crippen LogP contribution in [0.4, 0.5) is 0 Å². The normalized spacial score (nSPS) is 22.0. The fraction of sp³-hybridized carbons (Fsp3) is 0.350. The first kappa shape index (κ1) is 17.1. The highest BCUT2D eigenvalue weighted by atomic mass is 16.5. The Morgan fingerprint density at radius 3 is 2.68 bits per heavy atom. The molecule has 0 saturated heterocycles. The van der Waals surface area contributed by atoms with Crippen molar-refractivity contribution in [3.8, 4) is 17.2 Å². The third-order valence-electron chi connectivity index (χ3n) is 4.58. The number of hydrogen-bond acceptors (Lipinski definition) is 5. The zero-order valence-electron chi connectivity index (χ0n) is 14.3. The molecular weight excluding hydrogens is 320 g/mol. The van der Waals surface area contributed by atoms with Crippen LogP contribution < -0.4 is 4.74 Å². The van der Waals surface area contributed by atoms with Crippen molar-refractivity contribution >= 4 is 5.78 Å². The standard InChI is InChI=1S/C20H22O5/c1-11(2)3-8-14-15(22)9-16(23)19-17(24)10-18(25-20(14)19)12-4-6-13(21)7-5-12/h3-4,6-7,9,12,18,21-23H,5,8,10H2,1-2H3/t12?,18-/m0/s1. The third kappa shape index (κ3) is 3.40. The van der Waals surface area contributed by atoms with Crippen molar-refractivity contribution in [1.82, 2.24) is 0 Å². The fourth-order valence-corrected chi connectivity index (χ4v) is 3.19. The number of ether oxygens (including phenoxy) is 1. The first-order chi connectivity index (χ1) is 11.9. The number of aliphatic hydroxyl groups excluding tert-OH is 1. The van der Waals surface area contributed by atoms with E-state index in [1.807, 2.05) is 26.0 Å². The molecule has 1 aliphatic carbocycles. The molecular formula is C20H22O5. The summed E-state index contributed by atoms with van der Waals surface area (Å²) in [5.41, 5.74) is 1.73. The average Bonchev–Trinajstić information content (AvgIpc) is 2.54. The zero-order chi connectivity index (χ0) is 18.1. The molecule has 1 aromatic carbocycles. The van der Waals surface area contributed by atoms with Crippen molar-refractivity contribution < 1.29 is 24.9 Å². The van der Waals surface area contributed by atoms with Crippen LogP contribution >= 0.6 is 0 Å². The molecule has 1 aromatic rings. The van der Waals surface area contributed by atoms with Crippen molar-refractivity contribution in [3.05, 3.63) is 52.8 Å². The maximum absolute atomic E-state index is 12.6. The van der Waals surface area contributed by atoms with Crippen molar-refractivity contribution in [2.45, 2.75) is 39.2 Å². The molecule has 0 spiro atoms. The van der Waals surface area contributed by atoms with Gasteiger partial charge in [0.25, 0.3) is 0 Å². The number of fused-ring (bicyclic) bond motifs is 1. The third-order valence-corrected chi connectivity index (χ3v) is 4.58. The monoisotopic (exact) mass is 342 g/mol. The van der Waals surface area contributed by atoms with Gasteiger partial charge in [-0.1, -0.05) is 17.7 Å². The second-order valence-corrected chi connectivity index (χ2v) is 6.75. The summed E-state index contributed by atoms with van der Waals surface area (Å²) in [6, 6.07) is 1.20. The van der Waals surface area contributed by atoms with E-state index in [1.54, 1.807) is 12.2 Å². The molecule has 0 fully saturated rings. The van der Waals surface area contributed by atoms with E-state index in [0.717, 1.165) is 5.57 Å². The van der Waals surface area contributed by atoms with E-state index < -0.39 is 6.10 Å². The highest BCUT2D eigenvalue weighted by molar-refractivity contribution is 6.03. The minimum atomic E-state index is -0.396. The number of carbonyl (C=O) groups is 1. The number of allylic oxidation sites excluding steroid dienone is 4. The molecule has 132 valence electrons. The van der Waals surface area contributed by atoms with E-state index in [0.29, 0.717) is 18.4 Å². The minimum absolute atomic E-state index is 0.0474. The van der Waals surface area contributed by atoms with Crippen molar-refractivity contribution in [2.75, 3.05) is 0 Å². The molecule has 0 bridgehead atoms. The lowest BCUT2D eigenvalue weighted by molar-refractivity contribution is 0.0773. The molecule has 5 nitrogen and oxygen atoms in total. The molecule has 1 aliphatic heterocycles. The van der Waals surface area contributed by atoms with Crippen LogP contribution in [0.15, 0.2) is 41.7 Å². The summed E-state index contributed by atoms with van der Waals surface area (Å²) in [6.07, 6.45) is 7.80. The molecule has 0 saturated carbocycles. The maximum Gasteiger partial charge on any atom is 0.174 e. The summed E-state index contributed by atoms with van der Waals surface area (Å²) >= 11 is 0. The van der Waals surface area contributed by atoms with Gasteiger partial charge in [0.1, 0.15) is 34.7 Å². The molecule has 3 rings (SSSR count).